The molecular weight excluding hydrogens is 265 g/mol. The molecule has 0 fully saturated rings. The highest BCUT2D eigenvalue weighted by molar-refractivity contribution is 5.91. The van der Waals surface area contributed by atoms with E-state index < -0.39 is 11.7 Å². The minimum atomic E-state index is -0.597. The minimum Gasteiger partial charge on any atom is -0.384 e. The summed E-state index contributed by atoms with van der Waals surface area (Å²) >= 11 is 0. The maximum absolute atomic E-state index is 13.7. The maximum Gasteiger partial charge on any atom is 0.250 e. The number of hydrogen-bond acceptors (Lipinski definition) is 4. The van der Waals surface area contributed by atoms with Crippen molar-refractivity contribution in [2.24, 2.45) is 0 Å². The van der Waals surface area contributed by atoms with E-state index in [2.05, 4.69) is 17.2 Å². The Kier molecular flexibility index (Phi) is 7.29. The number of halogens is 1. The first kappa shape index (κ1) is 16.1. The molecule has 0 aliphatic carbocycles. The molecule has 1 amide bonds. The lowest BCUT2D eigenvalue weighted by Gasteiger charge is -2.07. The maximum atomic E-state index is 13.7. The Morgan fingerprint density at radius 2 is 2.25 bits per heavy atom. The summed E-state index contributed by atoms with van der Waals surface area (Å²) in [4.78, 5) is 11.5. The first-order chi connectivity index (χ1) is 9.67. The smallest absolute Gasteiger partial charge is 0.250 e. The van der Waals surface area contributed by atoms with Crippen LogP contribution in [0.4, 0.5) is 10.1 Å². The third-order valence-electron chi connectivity index (χ3n) is 2.22. The predicted octanol–water partition coefficient (Wildman–Crippen LogP) is 0.771. The third-order valence-corrected chi connectivity index (χ3v) is 2.22. The number of benzene rings is 1. The second-order valence-corrected chi connectivity index (χ2v) is 3.75. The molecule has 0 atom stereocenters. The molecule has 6 heteroatoms. The molecule has 0 saturated carbocycles. The monoisotopic (exact) mass is 281 g/mol. The van der Waals surface area contributed by atoms with Crippen LogP contribution in [0.5, 0.6) is 0 Å². The SMILES string of the molecule is COCCOCC(=O)Nc1ccc(C#CCO)cc1F. The Morgan fingerprint density at radius 1 is 1.45 bits per heavy atom. The van der Waals surface area contributed by atoms with Crippen LogP contribution in [0.25, 0.3) is 0 Å². The van der Waals surface area contributed by atoms with E-state index in [1.54, 1.807) is 6.07 Å². The number of carbonyl (C=O) groups is 1. The number of rotatable bonds is 6. The lowest BCUT2D eigenvalue weighted by Crippen LogP contribution is -2.20. The van der Waals surface area contributed by atoms with Gasteiger partial charge in [-0.1, -0.05) is 11.8 Å². The normalized spacial score (nSPS) is 9.75. The second-order valence-electron chi connectivity index (χ2n) is 3.75. The zero-order valence-electron chi connectivity index (χ0n) is 11.1. The van der Waals surface area contributed by atoms with Crippen LogP contribution in [0.1, 0.15) is 5.56 Å². The van der Waals surface area contributed by atoms with E-state index >= 15 is 0 Å². The number of aliphatic hydroxyl groups is 1. The van der Waals surface area contributed by atoms with Crippen molar-refractivity contribution in [3.05, 3.63) is 29.6 Å². The summed E-state index contributed by atoms with van der Waals surface area (Å²) < 4.78 is 23.4. The molecule has 0 bridgehead atoms. The van der Waals surface area contributed by atoms with Crippen molar-refractivity contribution < 1.29 is 23.8 Å². The molecule has 0 aliphatic heterocycles. The Balaban J connectivity index is 2.53. The van der Waals surface area contributed by atoms with Gasteiger partial charge >= 0.3 is 0 Å². The molecule has 0 saturated heterocycles. The van der Waals surface area contributed by atoms with Crippen LogP contribution in [0, 0.1) is 17.7 Å². The number of nitrogens with one attached hydrogen (secondary N) is 1. The number of hydrogen-bond donors (Lipinski definition) is 2. The van der Waals surface area contributed by atoms with E-state index in [4.69, 9.17) is 14.6 Å². The quantitative estimate of drug-likeness (QED) is 0.597. The van der Waals surface area contributed by atoms with E-state index in [1.165, 1.54) is 19.2 Å². The van der Waals surface area contributed by atoms with Gasteiger partial charge in [-0.2, -0.15) is 0 Å². The van der Waals surface area contributed by atoms with Gasteiger partial charge in [0.05, 0.1) is 18.9 Å². The van der Waals surface area contributed by atoms with Gasteiger partial charge in [-0.15, -0.1) is 0 Å². The van der Waals surface area contributed by atoms with Gasteiger partial charge in [0.25, 0.3) is 0 Å². The van der Waals surface area contributed by atoms with E-state index in [9.17, 15) is 9.18 Å². The van der Waals surface area contributed by atoms with Crippen molar-refractivity contribution in [2.75, 3.05) is 38.9 Å². The minimum absolute atomic E-state index is 0.0555. The topological polar surface area (TPSA) is 67.8 Å². The molecule has 0 spiro atoms. The molecule has 1 rings (SSSR count). The molecule has 1 aromatic carbocycles. The first-order valence-corrected chi connectivity index (χ1v) is 5.93. The van der Waals surface area contributed by atoms with Gasteiger partial charge in [-0.3, -0.25) is 4.79 Å². The summed E-state index contributed by atoms with van der Waals surface area (Å²) in [6.45, 7) is 0.218. The molecule has 0 unspecified atom stereocenters. The highest BCUT2D eigenvalue weighted by atomic mass is 19.1. The van der Waals surface area contributed by atoms with Crippen molar-refractivity contribution in [2.45, 2.75) is 0 Å². The summed E-state index contributed by atoms with van der Waals surface area (Å²) in [7, 11) is 1.53. The fourth-order valence-corrected chi connectivity index (χ4v) is 1.33. The van der Waals surface area contributed by atoms with Gasteiger partial charge in [0.2, 0.25) is 5.91 Å². The van der Waals surface area contributed by atoms with Gasteiger partial charge in [0, 0.05) is 12.7 Å². The molecule has 1 aromatic rings. The predicted molar refractivity (Wildman–Crippen MR) is 71.7 cm³/mol. The summed E-state index contributed by atoms with van der Waals surface area (Å²) in [5.74, 6) is 3.94. The Hall–Kier alpha value is -1.94. The first-order valence-electron chi connectivity index (χ1n) is 5.93. The number of ether oxygens (including phenoxy) is 2. The summed E-state index contributed by atoms with van der Waals surface area (Å²) in [5, 5.41) is 10.9. The van der Waals surface area contributed by atoms with Crippen molar-refractivity contribution >= 4 is 11.6 Å². The van der Waals surface area contributed by atoms with Gasteiger partial charge in [-0.05, 0) is 18.2 Å². The average Bonchev–Trinajstić information content (AvgIpc) is 2.44. The summed E-state index contributed by atoms with van der Waals surface area (Å²) in [5.41, 5.74) is 0.478. The molecule has 0 heterocycles. The standard InChI is InChI=1S/C14H16FNO4/c1-19-7-8-20-10-14(18)16-13-5-4-11(3-2-6-17)9-12(13)15/h4-5,9,17H,6-8,10H2,1H3,(H,16,18). The Labute approximate surface area is 116 Å². The van der Waals surface area contributed by atoms with Crippen LogP contribution >= 0.6 is 0 Å². The highest BCUT2D eigenvalue weighted by Crippen LogP contribution is 2.15. The molecule has 0 aliphatic rings. The van der Waals surface area contributed by atoms with Crippen molar-refractivity contribution in [3.63, 3.8) is 0 Å². The number of carbonyl (C=O) groups excluding carboxylic acids is 1. The van der Waals surface area contributed by atoms with E-state index in [-0.39, 0.29) is 18.9 Å². The van der Waals surface area contributed by atoms with Crippen LogP contribution in [-0.2, 0) is 14.3 Å². The number of anilines is 1. The van der Waals surface area contributed by atoms with Gasteiger partial charge in [-0.25, -0.2) is 4.39 Å². The number of methoxy groups -OCH3 is 1. The van der Waals surface area contributed by atoms with Gasteiger partial charge < -0.3 is 19.9 Å². The van der Waals surface area contributed by atoms with Crippen molar-refractivity contribution in [3.8, 4) is 11.8 Å². The lowest BCUT2D eigenvalue weighted by molar-refractivity contribution is -0.121. The second kappa shape index (κ2) is 9.04. The largest absolute Gasteiger partial charge is 0.384 e. The number of aliphatic hydroxyl groups excluding tert-OH is 1. The van der Waals surface area contributed by atoms with Crippen LogP contribution in [0.3, 0.4) is 0 Å². The molecular formula is C14H16FNO4. The lowest BCUT2D eigenvalue weighted by atomic mass is 10.2. The molecule has 0 radical (unpaired) electrons. The Morgan fingerprint density at radius 3 is 2.90 bits per heavy atom. The van der Waals surface area contributed by atoms with Gasteiger partial charge in [0.1, 0.15) is 19.0 Å². The third kappa shape index (κ3) is 5.80. The average molecular weight is 281 g/mol. The van der Waals surface area contributed by atoms with Crippen LogP contribution < -0.4 is 5.32 Å². The van der Waals surface area contributed by atoms with E-state index in [0.717, 1.165) is 0 Å². The molecule has 2 N–H and O–H groups in total. The summed E-state index contributed by atoms with van der Waals surface area (Å²) in [6.07, 6.45) is 0. The fourth-order valence-electron chi connectivity index (χ4n) is 1.33. The Bertz CT molecular complexity index is 508. The molecule has 0 aromatic heterocycles. The van der Waals surface area contributed by atoms with E-state index in [1.807, 2.05) is 0 Å². The highest BCUT2D eigenvalue weighted by Gasteiger charge is 2.07. The zero-order chi connectivity index (χ0) is 14.8. The van der Waals surface area contributed by atoms with Crippen molar-refractivity contribution in [1.82, 2.24) is 0 Å². The van der Waals surface area contributed by atoms with Crippen LogP contribution in [0.15, 0.2) is 18.2 Å². The van der Waals surface area contributed by atoms with Gasteiger partial charge in [0.15, 0.2) is 0 Å². The van der Waals surface area contributed by atoms with Crippen LogP contribution in [0.2, 0.25) is 0 Å². The molecule has 20 heavy (non-hydrogen) atoms. The van der Waals surface area contributed by atoms with E-state index in [0.29, 0.717) is 18.8 Å². The summed E-state index contributed by atoms with van der Waals surface area (Å²) in [6, 6.07) is 4.14. The molecule has 108 valence electrons. The zero-order valence-corrected chi connectivity index (χ0v) is 11.1. The van der Waals surface area contributed by atoms with Crippen LogP contribution in [-0.4, -0.2) is 44.6 Å². The fraction of sp³-hybridized carbons (Fsp3) is 0.357. The number of amides is 1. The van der Waals surface area contributed by atoms with Crippen molar-refractivity contribution in [1.29, 1.82) is 0 Å². The molecule has 5 nitrogen and oxygen atoms in total.